The van der Waals surface area contributed by atoms with Gasteiger partial charge >= 0.3 is 0 Å². The van der Waals surface area contributed by atoms with Gasteiger partial charge in [-0.3, -0.25) is 4.57 Å². The lowest BCUT2D eigenvalue weighted by atomic mass is 9.82. The van der Waals surface area contributed by atoms with Crippen LogP contribution in [0.15, 0.2) is 146 Å². The lowest BCUT2D eigenvalue weighted by Crippen LogP contribution is -2.15. The van der Waals surface area contributed by atoms with E-state index < -0.39 is 0 Å². The van der Waals surface area contributed by atoms with Gasteiger partial charge in [0.05, 0.1) is 16.7 Å². The molecule has 0 fully saturated rings. The molecule has 0 saturated heterocycles. The number of hydrogen-bond donors (Lipinski definition) is 0. The molecule has 3 heterocycles. The number of ether oxygens (including phenoxy) is 2. The number of hydrogen-bond acceptors (Lipinski definition) is 3. The van der Waals surface area contributed by atoms with Crippen molar-refractivity contribution in [3.8, 4) is 50.9 Å². The summed E-state index contributed by atoms with van der Waals surface area (Å²) in [4.78, 5) is 2.37. The fourth-order valence-electron chi connectivity index (χ4n) is 8.48. The molecule has 2 aliphatic heterocycles. The summed E-state index contributed by atoms with van der Waals surface area (Å²) in [5.41, 5.74) is 14.0. The van der Waals surface area contributed by atoms with Gasteiger partial charge in [-0.1, -0.05) is 105 Å². The minimum absolute atomic E-state index is 0.0658. The van der Waals surface area contributed by atoms with Crippen LogP contribution in [0.3, 0.4) is 0 Å². The molecule has 0 atom stereocenters. The molecule has 0 spiro atoms. The Bertz CT molecular complexity index is 2690. The van der Waals surface area contributed by atoms with Gasteiger partial charge in [-0.05, 0) is 81.9 Å². The highest BCUT2D eigenvalue weighted by Gasteiger charge is 2.36. The van der Waals surface area contributed by atoms with Crippen molar-refractivity contribution in [1.29, 1.82) is 0 Å². The number of aromatic nitrogens is 1. The van der Waals surface area contributed by atoms with Gasteiger partial charge in [-0.15, -0.1) is 0 Å². The van der Waals surface area contributed by atoms with Crippen LogP contribution in [0.25, 0.3) is 49.7 Å². The predicted octanol–water partition coefficient (Wildman–Crippen LogP) is 12.4. The molecule has 4 heteroatoms. The van der Waals surface area contributed by atoms with Gasteiger partial charge in [-0.25, -0.2) is 0 Å². The monoisotopic (exact) mass is 630 g/mol. The number of nitrogens with zero attached hydrogens (tertiary/aromatic N) is 2. The third-order valence-corrected chi connectivity index (χ3v) is 10.7. The van der Waals surface area contributed by atoms with Crippen molar-refractivity contribution >= 4 is 38.9 Å². The van der Waals surface area contributed by atoms with Gasteiger partial charge in [-0.2, -0.15) is 0 Å². The normalized spacial score (nSPS) is 14.0. The Morgan fingerprint density at radius 3 is 1.96 bits per heavy atom. The van der Waals surface area contributed by atoms with E-state index >= 15 is 0 Å². The molecule has 0 amide bonds. The number of benzene rings is 7. The first kappa shape index (κ1) is 26.8. The van der Waals surface area contributed by atoms with Crippen LogP contribution in [-0.2, 0) is 5.41 Å². The summed E-state index contributed by atoms with van der Waals surface area (Å²) < 4.78 is 15.5. The summed E-state index contributed by atoms with van der Waals surface area (Å²) in [6, 6.07) is 52.2. The van der Waals surface area contributed by atoms with Crippen LogP contribution in [0.1, 0.15) is 25.0 Å². The molecule has 0 N–H and O–H groups in total. The van der Waals surface area contributed by atoms with Crippen molar-refractivity contribution in [2.24, 2.45) is 0 Å². The van der Waals surface area contributed by atoms with Crippen LogP contribution in [0.5, 0.6) is 23.0 Å². The van der Waals surface area contributed by atoms with Gasteiger partial charge in [0, 0.05) is 33.6 Å². The van der Waals surface area contributed by atoms with E-state index in [2.05, 4.69) is 151 Å². The third kappa shape index (κ3) is 3.58. The van der Waals surface area contributed by atoms with Gasteiger partial charge in [0.2, 0.25) is 0 Å². The van der Waals surface area contributed by atoms with Crippen LogP contribution < -0.4 is 14.4 Å². The first-order valence-electron chi connectivity index (χ1n) is 16.8. The second-order valence-corrected chi connectivity index (χ2v) is 13.8. The second kappa shape index (κ2) is 9.42. The summed E-state index contributed by atoms with van der Waals surface area (Å²) in [6.07, 6.45) is 0. The van der Waals surface area contributed by atoms with E-state index in [4.69, 9.17) is 9.47 Å². The zero-order valence-corrected chi connectivity index (χ0v) is 27.1. The van der Waals surface area contributed by atoms with Crippen LogP contribution in [0.2, 0.25) is 0 Å². The molecule has 0 saturated carbocycles. The largest absolute Gasteiger partial charge is 0.453 e. The lowest BCUT2D eigenvalue weighted by Gasteiger charge is -2.29. The summed E-state index contributed by atoms with van der Waals surface area (Å²) in [5.74, 6) is 3.30. The predicted molar refractivity (Wildman–Crippen MR) is 199 cm³/mol. The van der Waals surface area contributed by atoms with E-state index in [1.54, 1.807) is 0 Å². The van der Waals surface area contributed by atoms with Crippen LogP contribution in [0, 0.1) is 0 Å². The highest BCUT2D eigenvalue weighted by molar-refractivity contribution is 6.16. The smallest absolute Gasteiger partial charge is 0.155 e. The molecule has 0 bridgehead atoms. The molecule has 1 aromatic heterocycles. The number of para-hydroxylation sites is 2. The number of fused-ring (bicyclic) bond motifs is 4. The Kier molecular flexibility index (Phi) is 5.15. The number of rotatable bonds is 4. The summed E-state index contributed by atoms with van der Waals surface area (Å²) in [6.45, 7) is 4.66. The molecular formula is C45H30N2O2. The molecule has 11 rings (SSSR count). The molecule has 49 heavy (non-hydrogen) atoms. The van der Waals surface area contributed by atoms with E-state index in [1.807, 2.05) is 18.2 Å². The van der Waals surface area contributed by atoms with Gasteiger partial charge in [0.15, 0.2) is 23.0 Å². The van der Waals surface area contributed by atoms with Gasteiger partial charge in [0.25, 0.3) is 0 Å². The van der Waals surface area contributed by atoms with Crippen molar-refractivity contribution in [1.82, 2.24) is 4.57 Å². The molecule has 232 valence electrons. The van der Waals surface area contributed by atoms with Crippen molar-refractivity contribution in [2.75, 3.05) is 4.90 Å². The molecule has 3 aliphatic rings. The molecule has 4 nitrogen and oxygen atoms in total. The van der Waals surface area contributed by atoms with Gasteiger partial charge in [0.1, 0.15) is 5.69 Å². The quantitative estimate of drug-likeness (QED) is 0.194. The van der Waals surface area contributed by atoms with Crippen LogP contribution in [-0.4, -0.2) is 4.57 Å². The Balaban J connectivity index is 1.17. The fraction of sp³-hybridized carbons (Fsp3) is 0.0667. The first-order chi connectivity index (χ1) is 24.0. The minimum atomic E-state index is -0.0658. The van der Waals surface area contributed by atoms with Crippen LogP contribution in [0.4, 0.5) is 17.1 Å². The maximum Gasteiger partial charge on any atom is 0.155 e. The number of anilines is 3. The Labute approximate surface area is 284 Å². The zero-order chi connectivity index (χ0) is 32.4. The van der Waals surface area contributed by atoms with E-state index in [-0.39, 0.29) is 5.41 Å². The van der Waals surface area contributed by atoms with E-state index in [9.17, 15) is 0 Å². The molecule has 8 aromatic rings. The standard InChI is InChI=1S/C45H30N2O2/c1-45(2)36-14-7-6-12-32(36)34-24-30(22-23-37(34)45)46(29-20-18-28(19-21-29)27-10-4-3-5-11-27)31-25-35-33-13-8-15-38-42(33)47-43(35)41(26-31)49-40-17-9-16-39(48-38)44(40)47/h3-26H,1-2H3. The lowest BCUT2D eigenvalue weighted by molar-refractivity contribution is 0.444. The van der Waals surface area contributed by atoms with E-state index in [1.165, 1.54) is 33.4 Å². The first-order valence-corrected chi connectivity index (χ1v) is 16.8. The Hall–Kier alpha value is -6.26. The summed E-state index contributed by atoms with van der Waals surface area (Å²) in [7, 11) is 0. The highest BCUT2D eigenvalue weighted by Crippen LogP contribution is 2.56. The van der Waals surface area contributed by atoms with Crippen molar-refractivity contribution in [3.63, 3.8) is 0 Å². The molecule has 1 aliphatic carbocycles. The molecule has 7 aromatic carbocycles. The topological polar surface area (TPSA) is 26.6 Å². The summed E-state index contributed by atoms with van der Waals surface area (Å²) in [5, 5.41) is 2.28. The second-order valence-electron chi connectivity index (χ2n) is 13.8. The van der Waals surface area contributed by atoms with Crippen molar-refractivity contribution in [3.05, 3.63) is 157 Å². The van der Waals surface area contributed by atoms with Crippen molar-refractivity contribution < 1.29 is 9.47 Å². The van der Waals surface area contributed by atoms with E-state index in [0.29, 0.717) is 0 Å². The third-order valence-electron chi connectivity index (χ3n) is 10.7. The fourth-order valence-corrected chi connectivity index (χ4v) is 8.48. The minimum Gasteiger partial charge on any atom is -0.453 e. The summed E-state index contributed by atoms with van der Waals surface area (Å²) >= 11 is 0. The molecule has 0 unspecified atom stereocenters. The highest BCUT2D eigenvalue weighted by atomic mass is 16.5. The Morgan fingerprint density at radius 1 is 0.469 bits per heavy atom. The van der Waals surface area contributed by atoms with Crippen LogP contribution >= 0.6 is 0 Å². The maximum absolute atomic E-state index is 6.75. The Morgan fingerprint density at radius 2 is 1.12 bits per heavy atom. The average Bonchev–Trinajstić information content (AvgIpc) is 3.59. The van der Waals surface area contributed by atoms with Gasteiger partial charge < -0.3 is 14.4 Å². The van der Waals surface area contributed by atoms with E-state index in [0.717, 1.165) is 67.6 Å². The van der Waals surface area contributed by atoms with Crippen molar-refractivity contribution in [2.45, 2.75) is 19.3 Å². The zero-order valence-electron chi connectivity index (χ0n) is 27.1. The maximum atomic E-state index is 6.75. The SMILES string of the molecule is CC1(C)c2ccccc2-c2cc(N(c3ccc(-c4ccccc4)cc3)c3cc4c5c(c3)c3cccc6c3n5-c3c(cccc3O4)O6)ccc21. The molecular weight excluding hydrogens is 601 g/mol. The molecule has 0 radical (unpaired) electrons. The average molecular weight is 631 g/mol.